The Labute approximate surface area is 119 Å². The lowest BCUT2D eigenvalue weighted by atomic mass is 10.2. The molecule has 0 radical (unpaired) electrons. The molecule has 2 unspecified atom stereocenters. The first-order chi connectivity index (χ1) is 9.51. The van der Waals surface area contributed by atoms with Gasteiger partial charge in [-0.05, 0) is 38.0 Å². The lowest BCUT2D eigenvalue weighted by Gasteiger charge is -2.19. The first-order valence-corrected chi connectivity index (χ1v) is 6.76. The Hall–Kier alpha value is -1.75. The molecule has 5 heteroatoms. The molecule has 1 aromatic rings. The fourth-order valence-electron chi connectivity index (χ4n) is 1.61. The van der Waals surface area contributed by atoms with Crippen LogP contribution in [-0.2, 0) is 11.4 Å². The minimum atomic E-state index is -0.613. The normalized spacial score (nSPS) is 13.4. The van der Waals surface area contributed by atoms with E-state index in [0.29, 0.717) is 11.5 Å². The predicted octanol–water partition coefficient (Wildman–Crippen LogP) is 1.87. The molecule has 0 aromatic heterocycles. The number of hydrogen-bond acceptors (Lipinski definition) is 4. The molecule has 2 atom stereocenters. The van der Waals surface area contributed by atoms with Gasteiger partial charge >= 0.3 is 0 Å². The first-order valence-electron chi connectivity index (χ1n) is 6.76. The van der Waals surface area contributed by atoms with Gasteiger partial charge in [0.15, 0.2) is 17.6 Å². The summed E-state index contributed by atoms with van der Waals surface area (Å²) in [7, 11) is 1.52. The highest BCUT2D eigenvalue weighted by atomic mass is 16.5. The van der Waals surface area contributed by atoms with Crippen molar-refractivity contribution in [3.05, 3.63) is 23.8 Å². The standard InChI is InChI=1S/C15H23NO4/c1-5-10(2)16-15(18)11(3)20-13-7-6-12(9-17)8-14(13)19-4/h6-8,10-11,17H,5,9H2,1-4H3,(H,16,18). The van der Waals surface area contributed by atoms with Crippen LogP contribution in [0.2, 0.25) is 0 Å². The van der Waals surface area contributed by atoms with Crippen LogP contribution in [0.3, 0.4) is 0 Å². The lowest BCUT2D eigenvalue weighted by molar-refractivity contribution is -0.127. The van der Waals surface area contributed by atoms with Gasteiger partial charge in [0.1, 0.15) is 0 Å². The summed E-state index contributed by atoms with van der Waals surface area (Å²) in [5, 5.41) is 11.9. The van der Waals surface area contributed by atoms with Crippen LogP contribution in [0.1, 0.15) is 32.8 Å². The van der Waals surface area contributed by atoms with Gasteiger partial charge in [0.25, 0.3) is 5.91 Å². The molecule has 0 saturated heterocycles. The molecule has 0 aliphatic heterocycles. The highest BCUT2D eigenvalue weighted by molar-refractivity contribution is 5.81. The zero-order valence-corrected chi connectivity index (χ0v) is 12.5. The summed E-state index contributed by atoms with van der Waals surface area (Å²) in [6.45, 7) is 5.58. The van der Waals surface area contributed by atoms with Gasteiger partial charge in [-0.25, -0.2) is 0 Å². The highest BCUT2D eigenvalue weighted by Gasteiger charge is 2.18. The Morgan fingerprint density at radius 1 is 1.35 bits per heavy atom. The van der Waals surface area contributed by atoms with Gasteiger partial charge in [-0.3, -0.25) is 4.79 Å². The molecule has 112 valence electrons. The number of hydrogen-bond donors (Lipinski definition) is 2. The van der Waals surface area contributed by atoms with Gasteiger partial charge in [0.2, 0.25) is 0 Å². The van der Waals surface area contributed by atoms with Crippen LogP contribution < -0.4 is 14.8 Å². The van der Waals surface area contributed by atoms with Crippen molar-refractivity contribution in [2.75, 3.05) is 7.11 Å². The zero-order valence-electron chi connectivity index (χ0n) is 12.5. The molecule has 0 spiro atoms. The van der Waals surface area contributed by atoms with Gasteiger partial charge in [-0.2, -0.15) is 0 Å². The maximum atomic E-state index is 11.9. The van der Waals surface area contributed by atoms with Crippen molar-refractivity contribution >= 4 is 5.91 Å². The van der Waals surface area contributed by atoms with Crippen molar-refractivity contribution in [2.24, 2.45) is 0 Å². The van der Waals surface area contributed by atoms with E-state index in [0.717, 1.165) is 12.0 Å². The molecular formula is C15H23NO4. The third kappa shape index (κ3) is 4.42. The largest absolute Gasteiger partial charge is 0.493 e. The quantitative estimate of drug-likeness (QED) is 0.800. The van der Waals surface area contributed by atoms with Crippen molar-refractivity contribution in [3.8, 4) is 11.5 Å². The van der Waals surface area contributed by atoms with Crippen LogP contribution in [0.15, 0.2) is 18.2 Å². The summed E-state index contributed by atoms with van der Waals surface area (Å²) >= 11 is 0. The van der Waals surface area contributed by atoms with Crippen molar-refractivity contribution in [2.45, 2.75) is 45.9 Å². The Bertz CT molecular complexity index is 447. The van der Waals surface area contributed by atoms with Crippen molar-refractivity contribution in [1.29, 1.82) is 0 Å². The number of aliphatic hydroxyl groups excluding tert-OH is 1. The monoisotopic (exact) mass is 281 g/mol. The van der Waals surface area contributed by atoms with E-state index in [1.165, 1.54) is 7.11 Å². The van der Waals surface area contributed by atoms with E-state index in [4.69, 9.17) is 14.6 Å². The third-order valence-electron chi connectivity index (χ3n) is 3.08. The SMILES string of the molecule is CCC(C)NC(=O)C(C)Oc1ccc(CO)cc1OC. The van der Waals surface area contributed by atoms with Crippen LogP contribution in [0.5, 0.6) is 11.5 Å². The summed E-state index contributed by atoms with van der Waals surface area (Å²) in [6, 6.07) is 5.23. The summed E-state index contributed by atoms with van der Waals surface area (Å²) in [5.74, 6) is 0.823. The number of benzene rings is 1. The molecular weight excluding hydrogens is 258 g/mol. The summed E-state index contributed by atoms with van der Waals surface area (Å²) in [6.07, 6.45) is 0.255. The molecule has 0 aliphatic carbocycles. The molecule has 0 saturated carbocycles. The van der Waals surface area contributed by atoms with Gasteiger partial charge in [-0.1, -0.05) is 13.0 Å². The molecule has 5 nitrogen and oxygen atoms in total. The van der Waals surface area contributed by atoms with Crippen LogP contribution in [0.25, 0.3) is 0 Å². The summed E-state index contributed by atoms with van der Waals surface area (Å²) < 4.78 is 10.8. The second-order valence-corrected chi connectivity index (χ2v) is 4.72. The van der Waals surface area contributed by atoms with E-state index in [9.17, 15) is 4.79 Å². The van der Waals surface area contributed by atoms with E-state index in [-0.39, 0.29) is 18.6 Å². The van der Waals surface area contributed by atoms with E-state index >= 15 is 0 Å². The Balaban J connectivity index is 2.74. The second kappa shape index (κ2) is 7.75. The molecule has 0 bridgehead atoms. The molecule has 0 heterocycles. The van der Waals surface area contributed by atoms with E-state index in [1.54, 1.807) is 25.1 Å². The van der Waals surface area contributed by atoms with Gasteiger partial charge < -0.3 is 19.9 Å². The molecule has 1 aromatic carbocycles. The minimum absolute atomic E-state index is 0.0688. The van der Waals surface area contributed by atoms with Crippen LogP contribution in [0, 0.1) is 0 Å². The number of carbonyl (C=O) groups excluding carboxylic acids is 1. The maximum Gasteiger partial charge on any atom is 0.260 e. The lowest BCUT2D eigenvalue weighted by Crippen LogP contribution is -2.41. The van der Waals surface area contributed by atoms with E-state index in [1.807, 2.05) is 13.8 Å². The van der Waals surface area contributed by atoms with E-state index < -0.39 is 6.10 Å². The molecule has 2 N–H and O–H groups in total. The Morgan fingerprint density at radius 2 is 2.05 bits per heavy atom. The van der Waals surface area contributed by atoms with Crippen molar-refractivity contribution in [1.82, 2.24) is 5.32 Å². The number of amides is 1. The molecule has 1 amide bonds. The van der Waals surface area contributed by atoms with Crippen molar-refractivity contribution < 1.29 is 19.4 Å². The number of nitrogens with one attached hydrogen (secondary N) is 1. The van der Waals surface area contributed by atoms with Gasteiger partial charge in [-0.15, -0.1) is 0 Å². The average molecular weight is 281 g/mol. The molecule has 0 aliphatic rings. The predicted molar refractivity (Wildman–Crippen MR) is 76.9 cm³/mol. The highest BCUT2D eigenvalue weighted by Crippen LogP contribution is 2.29. The fourth-order valence-corrected chi connectivity index (χ4v) is 1.61. The maximum absolute atomic E-state index is 11.9. The Kier molecular flexibility index (Phi) is 6.31. The third-order valence-corrected chi connectivity index (χ3v) is 3.08. The van der Waals surface area contributed by atoms with E-state index in [2.05, 4.69) is 5.32 Å². The number of aliphatic hydroxyl groups is 1. The summed E-state index contributed by atoms with van der Waals surface area (Å²) in [5.41, 5.74) is 0.728. The second-order valence-electron chi connectivity index (χ2n) is 4.72. The van der Waals surface area contributed by atoms with Crippen LogP contribution in [0.4, 0.5) is 0 Å². The molecule has 20 heavy (non-hydrogen) atoms. The average Bonchev–Trinajstić information content (AvgIpc) is 2.47. The zero-order chi connectivity index (χ0) is 15.1. The molecule has 1 rings (SSSR count). The summed E-state index contributed by atoms with van der Waals surface area (Å²) in [4.78, 5) is 11.9. The number of carbonyl (C=O) groups is 1. The topological polar surface area (TPSA) is 67.8 Å². The minimum Gasteiger partial charge on any atom is -0.493 e. The first kappa shape index (κ1) is 16.3. The van der Waals surface area contributed by atoms with Crippen LogP contribution in [-0.4, -0.2) is 30.3 Å². The number of rotatable bonds is 7. The van der Waals surface area contributed by atoms with Gasteiger partial charge in [0, 0.05) is 6.04 Å². The smallest absolute Gasteiger partial charge is 0.260 e. The van der Waals surface area contributed by atoms with Crippen LogP contribution >= 0.6 is 0 Å². The van der Waals surface area contributed by atoms with Gasteiger partial charge in [0.05, 0.1) is 13.7 Å². The Morgan fingerprint density at radius 3 is 2.60 bits per heavy atom. The number of ether oxygens (including phenoxy) is 2. The number of methoxy groups -OCH3 is 1. The molecule has 0 fully saturated rings. The van der Waals surface area contributed by atoms with Crippen molar-refractivity contribution in [3.63, 3.8) is 0 Å². The fraction of sp³-hybridized carbons (Fsp3) is 0.533.